The number of sulfonamides is 1. The molecule has 0 radical (unpaired) electrons. The summed E-state index contributed by atoms with van der Waals surface area (Å²) in [7, 11) is -3.79. The average Bonchev–Trinajstić information content (AvgIpc) is 2.50. The molecule has 0 heterocycles. The van der Waals surface area contributed by atoms with Gasteiger partial charge in [0, 0.05) is 10.2 Å². The highest BCUT2D eigenvalue weighted by atomic mass is 79.9. The van der Waals surface area contributed by atoms with Crippen molar-refractivity contribution in [2.75, 3.05) is 22.4 Å². The number of carbonyl (C=O) groups excluding carboxylic acids is 1. The summed E-state index contributed by atoms with van der Waals surface area (Å²) in [6, 6.07) is 8.17. The van der Waals surface area contributed by atoms with Crippen LogP contribution in [0, 0.1) is 5.82 Å². The van der Waals surface area contributed by atoms with Crippen LogP contribution in [0.15, 0.2) is 40.9 Å². The number of rotatable bonds is 5. The molecule has 0 aliphatic heterocycles. The summed E-state index contributed by atoms with van der Waals surface area (Å²) >= 11 is 14.9. The Morgan fingerprint density at radius 1 is 1.20 bits per heavy atom. The van der Waals surface area contributed by atoms with Crippen molar-refractivity contribution in [2.24, 2.45) is 0 Å². The first-order chi connectivity index (χ1) is 11.6. The molecule has 0 bridgehead atoms. The largest absolute Gasteiger partial charge is 0.324 e. The van der Waals surface area contributed by atoms with Gasteiger partial charge in [0.05, 0.1) is 22.0 Å². The Hall–Kier alpha value is -1.35. The summed E-state index contributed by atoms with van der Waals surface area (Å²) in [4.78, 5) is 12.2. The topological polar surface area (TPSA) is 66.5 Å². The van der Waals surface area contributed by atoms with Gasteiger partial charge in [-0.15, -0.1) is 0 Å². The zero-order valence-corrected chi connectivity index (χ0v) is 16.7. The summed E-state index contributed by atoms with van der Waals surface area (Å²) in [5.41, 5.74) is 0.488. The number of nitrogens with zero attached hydrogens (tertiary/aromatic N) is 1. The predicted octanol–water partition coefficient (Wildman–Crippen LogP) is 4.30. The van der Waals surface area contributed by atoms with Crippen LogP contribution in [0.5, 0.6) is 0 Å². The summed E-state index contributed by atoms with van der Waals surface area (Å²) in [6.07, 6.45) is 0.939. The fraction of sp³-hybridized carbons (Fsp3) is 0.133. The summed E-state index contributed by atoms with van der Waals surface area (Å²) < 4.78 is 38.8. The molecule has 1 N–H and O–H groups in total. The van der Waals surface area contributed by atoms with E-state index in [9.17, 15) is 17.6 Å². The van der Waals surface area contributed by atoms with Gasteiger partial charge in [-0.3, -0.25) is 9.10 Å². The molecule has 0 unspecified atom stereocenters. The van der Waals surface area contributed by atoms with E-state index >= 15 is 0 Å². The minimum Gasteiger partial charge on any atom is -0.324 e. The first-order valence-electron chi connectivity index (χ1n) is 6.75. The molecule has 0 aliphatic carbocycles. The van der Waals surface area contributed by atoms with Crippen molar-refractivity contribution < 1.29 is 17.6 Å². The first kappa shape index (κ1) is 20.0. The molecule has 134 valence electrons. The number of anilines is 2. The number of hydrogen-bond donors (Lipinski definition) is 1. The highest BCUT2D eigenvalue weighted by molar-refractivity contribution is 9.10. The van der Waals surface area contributed by atoms with Crippen LogP contribution in [-0.4, -0.2) is 27.1 Å². The molecule has 0 atom stereocenters. The number of halogens is 4. The third-order valence-electron chi connectivity index (χ3n) is 3.08. The molecular weight excluding hydrogens is 458 g/mol. The van der Waals surface area contributed by atoms with Crippen molar-refractivity contribution in [2.45, 2.75) is 0 Å². The molecular formula is C15H12BrCl2FN2O3S. The Kier molecular flexibility index (Phi) is 6.31. The fourth-order valence-corrected chi connectivity index (χ4v) is 3.40. The van der Waals surface area contributed by atoms with Crippen molar-refractivity contribution in [1.29, 1.82) is 0 Å². The number of amides is 1. The van der Waals surface area contributed by atoms with Crippen LogP contribution in [0.25, 0.3) is 0 Å². The maximum Gasteiger partial charge on any atom is 0.245 e. The molecule has 25 heavy (non-hydrogen) atoms. The second kappa shape index (κ2) is 7.90. The van der Waals surface area contributed by atoms with Crippen LogP contribution in [-0.2, 0) is 14.8 Å². The van der Waals surface area contributed by atoms with Crippen LogP contribution in [0.1, 0.15) is 0 Å². The van der Waals surface area contributed by atoms with Gasteiger partial charge in [-0.2, -0.15) is 0 Å². The molecule has 2 aromatic carbocycles. The number of hydrogen-bond acceptors (Lipinski definition) is 3. The standard InChI is InChI=1S/C15H12BrCl2FN2O3S/c1-25(23,24)21(10-3-5-14(19)13(18)7-10)8-15(22)20-9-2-4-11(16)12(17)6-9/h2-7H,8H2,1H3,(H,20,22). The lowest BCUT2D eigenvalue weighted by molar-refractivity contribution is -0.114. The highest BCUT2D eigenvalue weighted by Gasteiger charge is 2.22. The molecule has 0 saturated heterocycles. The Morgan fingerprint density at radius 3 is 2.44 bits per heavy atom. The van der Waals surface area contributed by atoms with Crippen LogP contribution < -0.4 is 9.62 Å². The quantitative estimate of drug-likeness (QED) is 0.709. The van der Waals surface area contributed by atoms with E-state index in [1.54, 1.807) is 12.1 Å². The van der Waals surface area contributed by atoms with Crippen molar-refractivity contribution in [1.82, 2.24) is 0 Å². The lowest BCUT2D eigenvalue weighted by Gasteiger charge is -2.22. The Balaban J connectivity index is 2.23. The molecule has 0 aliphatic rings. The van der Waals surface area contributed by atoms with E-state index in [0.717, 1.165) is 22.7 Å². The van der Waals surface area contributed by atoms with Gasteiger partial charge in [0.2, 0.25) is 15.9 Å². The van der Waals surface area contributed by atoms with Crippen LogP contribution in [0.4, 0.5) is 15.8 Å². The van der Waals surface area contributed by atoms with Crippen molar-refractivity contribution in [3.05, 3.63) is 56.7 Å². The lowest BCUT2D eigenvalue weighted by atomic mass is 10.3. The third-order valence-corrected chi connectivity index (χ3v) is 5.74. The maximum absolute atomic E-state index is 13.3. The van der Waals surface area contributed by atoms with Crippen LogP contribution in [0.2, 0.25) is 10.0 Å². The van der Waals surface area contributed by atoms with Crippen molar-refractivity contribution >= 4 is 66.4 Å². The Labute approximate surface area is 162 Å². The van der Waals surface area contributed by atoms with E-state index in [1.807, 2.05) is 0 Å². The summed E-state index contributed by atoms with van der Waals surface area (Å²) in [5.74, 6) is -1.28. The molecule has 0 fully saturated rings. The number of nitrogens with one attached hydrogen (secondary N) is 1. The van der Waals surface area contributed by atoms with E-state index in [4.69, 9.17) is 23.2 Å². The molecule has 2 aromatic rings. The van der Waals surface area contributed by atoms with Crippen LogP contribution >= 0.6 is 39.1 Å². The average molecular weight is 470 g/mol. The first-order valence-corrected chi connectivity index (χ1v) is 10.2. The van der Waals surface area contributed by atoms with Gasteiger partial charge in [0.1, 0.15) is 12.4 Å². The van der Waals surface area contributed by atoms with E-state index in [0.29, 0.717) is 15.2 Å². The predicted molar refractivity (Wildman–Crippen MR) is 101 cm³/mol. The number of benzene rings is 2. The molecule has 2 rings (SSSR count). The van der Waals surface area contributed by atoms with Gasteiger partial charge >= 0.3 is 0 Å². The molecule has 0 aromatic heterocycles. The Morgan fingerprint density at radius 2 is 1.88 bits per heavy atom. The second-order valence-corrected chi connectivity index (χ2v) is 8.62. The fourth-order valence-electron chi connectivity index (χ4n) is 1.95. The zero-order chi connectivity index (χ0) is 18.8. The van der Waals surface area contributed by atoms with Crippen LogP contribution in [0.3, 0.4) is 0 Å². The smallest absolute Gasteiger partial charge is 0.245 e. The minimum absolute atomic E-state index is 0.0814. The van der Waals surface area contributed by atoms with Gasteiger partial charge in [-0.25, -0.2) is 12.8 Å². The van der Waals surface area contributed by atoms with Gasteiger partial charge in [-0.05, 0) is 52.3 Å². The van der Waals surface area contributed by atoms with E-state index in [2.05, 4.69) is 21.2 Å². The highest BCUT2D eigenvalue weighted by Crippen LogP contribution is 2.26. The molecule has 10 heteroatoms. The van der Waals surface area contributed by atoms with Gasteiger partial charge in [0.15, 0.2) is 0 Å². The molecule has 5 nitrogen and oxygen atoms in total. The van der Waals surface area contributed by atoms with Gasteiger partial charge in [0.25, 0.3) is 0 Å². The third kappa shape index (κ3) is 5.31. The summed E-state index contributed by atoms with van der Waals surface area (Å²) in [5, 5.41) is 2.70. The van der Waals surface area contributed by atoms with Crippen molar-refractivity contribution in [3.63, 3.8) is 0 Å². The second-order valence-electron chi connectivity index (χ2n) is 5.05. The summed E-state index contributed by atoms with van der Waals surface area (Å²) in [6.45, 7) is -0.505. The SMILES string of the molecule is CS(=O)(=O)N(CC(=O)Nc1ccc(Br)c(Cl)c1)c1ccc(F)c(Cl)c1. The molecule has 1 amide bonds. The number of carbonyl (C=O) groups is 1. The normalized spacial score (nSPS) is 11.2. The lowest BCUT2D eigenvalue weighted by Crippen LogP contribution is -2.37. The van der Waals surface area contributed by atoms with Gasteiger partial charge in [-0.1, -0.05) is 23.2 Å². The van der Waals surface area contributed by atoms with E-state index < -0.39 is 28.3 Å². The van der Waals surface area contributed by atoms with Gasteiger partial charge < -0.3 is 5.32 Å². The molecule has 0 saturated carbocycles. The Bertz CT molecular complexity index is 925. The van der Waals surface area contributed by atoms with Crippen molar-refractivity contribution in [3.8, 4) is 0 Å². The van der Waals surface area contributed by atoms with E-state index in [1.165, 1.54) is 12.1 Å². The van der Waals surface area contributed by atoms with E-state index in [-0.39, 0.29) is 10.7 Å². The molecule has 0 spiro atoms. The monoisotopic (exact) mass is 468 g/mol. The minimum atomic E-state index is -3.79. The zero-order valence-electron chi connectivity index (χ0n) is 12.8. The maximum atomic E-state index is 13.3.